The Morgan fingerprint density at radius 1 is 0.743 bits per heavy atom. The molecule has 2 unspecified atom stereocenters. The molecule has 0 N–H and O–H groups in total. The number of para-hydroxylation sites is 3. The van der Waals surface area contributed by atoms with Crippen molar-refractivity contribution in [2.75, 3.05) is 0 Å². The first-order valence-corrected chi connectivity index (χ1v) is 13.5. The zero-order chi connectivity index (χ0) is 25.1. The van der Waals surface area contributed by atoms with E-state index in [0.29, 0.717) is 11.8 Å². The largest absolute Gasteiger partial charge is 0.295 e. The van der Waals surface area contributed by atoms with E-state index in [1.165, 1.54) is 44.8 Å². The zero-order valence-electron chi connectivity index (χ0n) is 22.8. The second-order valence-corrected chi connectivity index (χ2v) is 11.4. The summed E-state index contributed by atoms with van der Waals surface area (Å²) in [5.74, 6) is 2.19. The maximum atomic E-state index is 2.70. The number of imidazole rings is 1. The van der Waals surface area contributed by atoms with E-state index in [0.717, 1.165) is 12.8 Å². The quantitative estimate of drug-likeness (QED) is 0.261. The van der Waals surface area contributed by atoms with Crippen molar-refractivity contribution in [2.45, 2.75) is 91.0 Å². The number of benzene rings is 3. The summed E-state index contributed by atoms with van der Waals surface area (Å²) in [4.78, 5) is 0. The molecule has 0 saturated heterocycles. The maximum Gasteiger partial charge on any atom is 0.295 e. The Bertz CT molecular complexity index is 1380. The second kappa shape index (κ2) is 8.36. The fraction of sp³-hybridized carbons (Fsp3) is 0.424. The summed E-state index contributed by atoms with van der Waals surface area (Å²) in [6.07, 6.45) is 2.17. The lowest BCUT2D eigenvalue weighted by Crippen LogP contribution is -2.67. The summed E-state index contributed by atoms with van der Waals surface area (Å²) in [6, 6.07) is 25.2. The molecule has 3 aromatic carbocycles. The Kier molecular flexibility index (Phi) is 5.70. The number of aromatic nitrogens is 2. The number of nitrogens with zero attached hydrogens (tertiary/aromatic N) is 2. The van der Waals surface area contributed by atoms with Gasteiger partial charge in [-0.25, -0.2) is 4.57 Å². The Labute approximate surface area is 211 Å². The molecule has 1 aromatic heterocycles. The monoisotopic (exact) mass is 465 g/mol. The summed E-state index contributed by atoms with van der Waals surface area (Å²) in [5.41, 5.74) is 9.65. The van der Waals surface area contributed by atoms with Gasteiger partial charge in [0.1, 0.15) is 11.2 Å². The number of rotatable bonds is 5. The van der Waals surface area contributed by atoms with Crippen molar-refractivity contribution in [3.63, 3.8) is 0 Å². The lowest BCUT2D eigenvalue weighted by atomic mass is 9.61. The predicted molar refractivity (Wildman–Crippen MR) is 149 cm³/mol. The fourth-order valence-electron chi connectivity index (χ4n) is 6.72. The van der Waals surface area contributed by atoms with Crippen LogP contribution in [-0.4, -0.2) is 4.57 Å². The van der Waals surface area contributed by atoms with Crippen molar-refractivity contribution in [3.8, 4) is 17.1 Å². The summed E-state index contributed by atoms with van der Waals surface area (Å²) < 4.78 is 5.32. The summed E-state index contributed by atoms with van der Waals surface area (Å²) in [6.45, 7) is 19.0. The fourth-order valence-corrected chi connectivity index (χ4v) is 6.72. The lowest BCUT2D eigenvalue weighted by Gasteiger charge is -2.47. The van der Waals surface area contributed by atoms with Crippen LogP contribution in [0.3, 0.4) is 0 Å². The van der Waals surface area contributed by atoms with Gasteiger partial charge in [-0.1, -0.05) is 97.0 Å². The molecule has 2 nitrogen and oxygen atoms in total. The standard InChI is InChI=1S/C33H41N2/c1-9-32(7)27-19-12-11-16-26(27)31-34(30-24(22(3)4)17-15-18-25(30)23(5)6)28-20-13-14-21-29(28)35(31)33(32,8)10-2/h11-23H,9-10H2,1-8H3/q+1. The topological polar surface area (TPSA) is 8.81 Å². The van der Waals surface area contributed by atoms with Gasteiger partial charge in [-0.15, -0.1) is 0 Å². The minimum absolute atomic E-state index is 0.0312. The van der Waals surface area contributed by atoms with Crippen LogP contribution in [0.1, 0.15) is 96.8 Å². The molecule has 2 atom stereocenters. The maximum absolute atomic E-state index is 2.70. The van der Waals surface area contributed by atoms with E-state index in [1.54, 1.807) is 0 Å². The van der Waals surface area contributed by atoms with Crippen molar-refractivity contribution in [1.29, 1.82) is 0 Å². The zero-order valence-corrected chi connectivity index (χ0v) is 22.8. The van der Waals surface area contributed by atoms with E-state index >= 15 is 0 Å². The molecule has 0 bridgehead atoms. The van der Waals surface area contributed by atoms with Crippen molar-refractivity contribution in [2.24, 2.45) is 0 Å². The van der Waals surface area contributed by atoms with Gasteiger partial charge >= 0.3 is 0 Å². The molecule has 1 aliphatic heterocycles. The summed E-state index contributed by atoms with van der Waals surface area (Å²) in [7, 11) is 0. The number of hydrogen-bond acceptors (Lipinski definition) is 0. The smallest absolute Gasteiger partial charge is 0.216 e. The third-order valence-electron chi connectivity index (χ3n) is 9.19. The predicted octanol–water partition coefficient (Wildman–Crippen LogP) is 8.64. The molecule has 0 radical (unpaired) electrons. The van der Waals surface area contributed by atoms with Crippen LogP contribution in [0.25, 0.3) is 28.1 Å². The molecule has 0 saturated carbocycles. The van der Waals surface area contributed by atoms with Crippen LogP contribution in [-0.2, 0) is 11.0 Å². The molecule has 182 valence electrons. The van der Waals surface area contributed by atoms with Crippen molar-refractivity contribution in [3.05, 3.63) is 83.4 Å². The minimum Gasteiger partial charge on any atom is -0.216 e. The molecule has 1 aliphatic rings. The van der Waals surface area contributed by atoms with Crippen molar-refractivity contribution >= 4 is 11.0 Å². The van der Waals surface area contributed by atoms with Crippen LogP contribution < -0.4 is 4.57 Å². The summed E-state index contributed by atoms with van der Waals surface area (Å²) >= 11 is 0. The van der Waals surface area contributed by atoms with Crippen LogP contribution in [0.5, 0.6) is 0 Å². The average Bonchev–Trinajstić information content (AvgIpc) is 3.22. The molecule has 2 heteroatoms. The molecule has 5 rings (SSSR count). The third kappa shape index (κ3) is 3.11. The van der Waals surface area contributed by atoms with E-state index in [9.17, 15) is 0 Å². The molecule has 4 aromatic rings. The molecule has 35 heavy (non-hydrogen) atoms. The van der Waals surface area contributed by atoms with Gasteiger partial charge in [0, 0.05) is 16.5 Å². The van der Waals surface area contributed by atoms with E-state index in [2.05, 4.69) is 131 Å². The first-order chi connectivity index (χ1) is 16.7. The molecule has 0 fully saturated rings. The molecule has 0 spiro atoms. The van der Waals surface area contributed by atoms with Gasteiger partial charge in [0.25, 0.3) is 5.82 Å². The molecule has 0 aliphatic carbocycles. The van der Waals surface area contributed by atoms with Crippen LogP contribution in [0.4, 0.5) is 0 Å². The van der Waals surface area contributed by atoms with Crippen LogP contribution in [0.2, 0.25) is 0 Å². The van der Waals surface area contributed by atoms with E-state index in [1.807, 2.05) is 0 Å². The van der Waals surface area contributed by atoms with Crippen LogP contribution in [0, 0.1) is 0 Å². The van der Waals surface area contributed by atoms with Gasteiger partial charge in [0.05, 0.1) is 5.56 Å². The molecular formula is C33H41N2+. The van der Waals surface area contributed by atoms with Crippen LogP contribution >= 0.6 is 0 Å². The number of fused-ring (bicyclic) bond motifs is 5. The highest BCUT2D eigenvalue weighted by Crippen LogP contribution is 2.51. The van der Waals surface area contributed by atoms with Gasteiger partial charge in [-0.3, -0.25) is 0 Å². The Hall–Kier alpha value is -2.87. The van der Waals surface area contributed by atoms with Gasteiger partial charge in [0.2, 0.25) is 0 Å². The Morgan fingerprint density at radius 3 is 1.94 bits per heavy atom. The second-order valence-electron chi connectivity index (χ2n) is 11.4. The van der Waals surface area contributed by atoms with Crippen LogP contribution in [0.15, 0.2) is 66.7 Å². The molecular weight excluding hydrogens is 424 g/mol. The van der Waals surface area contributed by atoms with Gasteiger partial charge < -0.3 is 0 Å². The van der Waals surface area contributed by atoms with Crippen molar-refractivity contribution in [1.82, 2.24) is 4.57 Å². The Morgan fingerprint density at radius 2 is 1.34 bits per heavy atom. The van der Waals surface area contributed by atoms with Gasteiger partial charge in [-0.2, -0.15) is 4.57 Å². The third-order valence-corrected chi connectivity index (χ3v) is 9.19. The first-order valence-electron chi connectivity index (χ1n) is 13.5. The SMILES string of the molecule is CCC1(C)c2ccccc2-c2n(-c3c(C(C)C)cccc3C(C)C)c3ccccc3[n+]2C1(C)CC. The minimum atomic E-state index is -0.0545. The molecule has 0 amide bonds. The van der Waals surface area contributed by atoms with Crippen molar-refractivity contribution < 1.29 is 4.57 Å². The van der Waals surface area contributed by atoms with E-state index < -0.39 is 0 Å². The first kappa shape index (κ1) is 23.9. The van der Waals surface area contributed by atoms with E-state index in [-0.39, 0.29) is 11.0 Å². The normalized spacial score (nSPS) is 21.5. The average molecular weight is 466 g/mol. The van der Waals surface area contributed by atoms with Gasteiger partial charge in [0.15, 0.2) is 11.0 Å². The summed E-state index contributed by atoms with van der Waals surface area (Å²) in [5, 5.41) is 0. The highest BCUT2D eigenvalue weighted by Gasteiger charge is 2.56. The highest BCUT2D eigenvalue weighted by atomic mass is 15.2. The van der Waals surface area contributed by atoms with E-state index in [4.69, 9.17) is 0 Å². The highest BCUT2D eigenvalue weighted by molar-refractivity contribution is 5.82. The lowest BCUT2D eigenvalue weighted by molar-refractivity contribution is -0.743. The van der Waals surface area contributed by atoms with Gasteiger partial charge in [-0.05, 0) is 55.4 Å². The number of hydrogen-bond donors (Lipinski definition) is 0. The Balaban J connectivity index is 2.06. The molecule has 2 heterocycles.